The largest absolute Gasteiger partial charge is 0.472 e. The van der Waals surface area contributed by atoms with Crippen LogP contribution in [0.5, 0.6) is 0 Å². The predicted molar refractivity (Wildman–Crippen MR) is 65.6 cm³/mol. The molecule has 0 spiro atoms. The van der Waals surface area contributed by atoms with Gasteiger partial charge in [-0.3, -0.25) is 4.68 Å². The second-order valence-electron chi connectivity index (χ2n) is 4.61. The van der Waals surface area contributed by atoms with Gasteiger partial charge in [0.25, 0.3) is 0 Å². The third-order valence-corrected chi connectivity index (χ3v) is 3.31. The van der Waals surface area contributed by atoms with Crippen LogP contribution in [0, 0.1) is 0 Å². The zero-order valence-corrected chi connectivity index (χ0v) is 9.80. The van der Waals surface area contributed by atoms with Crippen molar-refractivity contribution in [2.45, 2.75) is 31.8 Å². The molecule has 90 valence electrons. The fraction of sp³-hybridized carbons (Fsp3) is 0.462. The fourth-order valence-corrected chi connectivity index (χ4v) is 2.35. The summed E-state index contributed by atoms with van der Waals surface area (Å²) in [7, 11) is 0. The van der Waals surface area contributed by atoms with E-state index in [1.165, 1.54) is 19.3 Å². The Morgan fingerprint density at radius 3 is 3.18 bits per heavy atom. The Kier molecular flexibility index (Phi) is 2.96. The zero-order chi connectivity index (χ0) is 11.5. The van der Waals surface area contributed by atoms with Crippen LogP contribution in [0.3, 0.4) is 0 Å². The maximum absolute atomic E-state index is 5.08. The van der Waals surface area contributed by atoms with Gasteiger partial charge in [0.1, 0.15) is 0 Å². The van der Waals surface area contributed by atoms with Crippen molar-refractivity contribution < 1.29 is 4.42 Å². The van der Waals surface area contributed by atoms with Gasteiger partial charge in [0.05, 0.1) is 25.3 Å². The van der Waals surface area contributed by atoms with Crippen molar-refractivity contribution in [2.75, 3.05) is 6.54 Å². The van der Waals surface area contributed by atoms with Crippen LogP contribution < -0.4 is 5.32 Å². The number of aromatic nitrogens is 2. The van der Waals surface area contributed by atoms with Crippen LogP contribution in [0.2, 0.25) is 0 Å². The topological polar surface area (TPSA) is 43.0 Å². The van der Waals surface area contributed by atoms with Crippen LogP contribution in [0.4, 0.5) is 0 Å². The quantitative estimate of drug-likeness (QED) is 0.881. The molecule has 2 aromatic heterocycles. The summed E-state index contributed by atoms with van der Waals surface area (Å²) in [5.74, 6) is 0. The molecular weight excluding hydrogens is 214 g/mol. The Bertz CT molecular complexity index is 455. The van der Waals surface area contributed by atoms with Crippen LogP contribution in [-0.2, 0) is 6.54 Å². The molecule has 1 aliphatic heterocycles. The van der Waals surface area contributed by atoms with E-state index in [4.69, 9.17) is 4.42 Å². The van der Waals surface area contributed by atoms with Crippen molar-refractivity contribution in [3.05, 3.63) is 31.0 Å². The molecule has 1 saturated heterocycles. The highest BCUT2D eigenvalue weighted by Gasteiger charge is 2.13. The Hall–Kier alpha value is -1.55. The predicted octanol–water partition coefficient (Wildman–Crippen LogP) is 2.29. The average molecular weight is 231 g/mol. The van der Waals surface area contributed by atoms with Gasteiger partial charge in [0.15, 0.2) is 0 Å². The fourth-order valence-electron chi connectivity index (χ4n) is 2.35. The minimum atomic E-state index is 0.570. The number of nitrogens with zero attached hydrogens (tertiary/aromatic N) is 2. The van der Waals surface area contributed by atoms with E-state index in [0.717, 1.165) is 24.2 Å². The summed E-state index contributed by atoms with van der Waals surface area (Å²) in [5, 5.41) is 7.93. The monoisotopic (exact) mass is 231 g/mol. The summed E-state index contributed by atoms with van der Waals surface area (Å²) < 4.78 is 7.10. The van der Waals surface area contributed by atoms with E-state index in [1.807, 2.05) is 16.9 Å². The number of piperidine rings is 1. The van der Waals surface area contributed by atoms with E-state index in [2.05, 4.69) is 16.6 Å². The van der Waals surface area contributed by atoms with Crippen molar-refractivity contribution in [3.63, 3.8) is 0 Å². The Balaban J connectivity index is 1.68. The van der Waals surface area contributed by atoms with Crippen molar-refractivity contribution in [2.24, 2.45) is 0 Å². The Morgan fingerprint density at radius 1 is 1.41 bits per heavy atom. The van der Waals surface area contributed by atoms with Crippen molar-refractivity contribution in [3.8, 4) is 11.1 Å². The first kappa shape index (κ1) is 10.6. The molecular formula is C13H17N3O. The van der Waals surface area contributed by atoms with Crippen LogP contribution in [0.25, 0.3) is 11.1 Å². The van der Waals surface area contributed by atoms with Crippen LogP contribution in [-0.4, -0.2) is 22.4 Å². The standard InChI is InChI=1S/C13H17N3O/c1-2-5-14-13(3-1)9-16-8-12(7-15-16)11-4-6-17-10-11/h4,6-8,10,13-14H,1-3,5,9H2/t13-/m0/s1. The summed E-state index contributed by atoms with van der Waals surface area (Å²) in [4.78, 5) is 0. The number of furan rings is 1. The molecule has 3 rings (SSSR count). The smallest absolute Gasteiger partial charge is 0.0982 e. The van der Waals surface area contributed by atoms with Crippen molar-refractivity contribution in [1.29, 1.82) is 0 Å². The molecule has 0 aliphatic carbocycles. The Labute approximate surface area is 101 Å². The lowest BCUT2D eigenvalue weighted by atomic mass is 10.1. The zero-order valence-electron chi connectivity index (χ0n) is 9.80. The van der Waals surface area contributed by atoms with Gasteiger partial charge in [-0.1, -0.05) is 6.42 Å². The highest BCUT2D eigenvalue weighted by molar-refractivity contribution is 5.59. The first-order valence-corrected chi connectivity index (χ1v) is 6.20. The van der Waals surface area contributed by atoms with E-state index in [0.29, 0.717) is 6.04 Å². The van der Waals surface area contributed by atoms with E-state index >= 15 is 0 Å². The van der Waals surface area contributed by atoms with Gasteiger partial charge < -0.3 is 9.73 Å². The molecule has 1 aliphatic rings. The molecule has 0 saturated carbocycles. The molecule has 1 N–H and O–H groups in total. The minimum Gasteiger partial charge on any atom is -0.472 e. The van der Waals surface area contributed by atoms with Crippen LogP contribution in [0.15, 0.2) is 35.4 Å². The number of rotatable bonds is 3. The number of nitrogens with one attached hydrogen (secondary N) is 1. The van der Waals surface area contributed by atoms with E-state index in [-0.39, 0.29) is 0 Å². The molecule has 1 atom stereocenters. The first-order chi connectivity index (χ1) is 8.42. The van der Waals surface area contributed by atoms with Crippen molar-refractivity contribution >= 4 is 0 Å². The molecule has 4 nitrogen and oxygen atoms in total. The molecule has 0 bridgehead atoms. The summed E-state index contributed by atoms with van der Waals surface area (Å²) in [5.41, 5.74) is 2.21. The maximum atomic E-state index is 5.08. The number of hydrogen-bond donors (Lipinski definition) is 1. The van der Waals surface area contributed by atoms with Gasteiger partial charge in [-0.25, -0.2) is 0 Å². The third-order valence-electron chi connectivity index (χ3n) is 3.31. The van der Waals surface area contributed by atoms with Gasteiger partial charge in [0, 0.05) is 23.4 Å². The lowest BCUT2D eigenvalue weighted by Gasteiger charge is -2.23. The molecule has 17 heavy (non-hydrogen) atoms. The normalized spacial score (nSPS) is 20.6. The molecule has 4 heteroatoms. The van der Waals surface area contributed by atoms with E-state index in [9.17, 15) is 0 Å². The molecule has 1 fully saturated rings. The minimum absolute atomic E-state index is 0.570. The molecule has 2 aromatic rings. The van der Waals surface area contributed by atoms with Crippen LogP contribution >= 0.6 is 0 Å². The van der Waals surface area contributed by atoms with Gasteiger partial charge >= 0.3 is 0 Å². The SMILES string of the molecule is c1cc(-c2cnn(C[C@@H]3CCCCN3)c2)co1. The Morgan fingerprint density at radius 2 is 2.41 bits per heavy atom. The second kappa shape index (κ2) is 4.75. The summed E-state index contributed by atoms with van der Waals surface area (Å²) >= 11 is 0. The molecule has 3 heterocycles. The average Bonchev–Trinajstić information content (AvgIpc) is 3.00. The van der Waals surface area contributed by atoms with Gasteiger partial charge in [-0.05, 0) is 25.5 Å². The molecule has 0 unspecified atom stereocenters. The maximum Gasteiger partial charge on any atom is 0.0982 e. The van der Waals surface area contributed by atoms with E-state index < -0.39 is 0 Å². The highest BCUT2D eigenvalue weighted by Crippen LogP contribution is 2.19. The lowest BCUT2D eigenvalue weighted by molar-refractivity contribution is 0.351. The van der Waals surface area contributed by atoms with Gasteiger partial charge in [-0.2, -0.15) is 5.10 Å². The van der Waals surface area contributed by atoms with Gasteiger partial charge in [-0.15, -0.1) is 0 Å². The molecule has 0 radical (unpaired) electrons. The van der Waals surface area contributed by atoms with Gasteiger partial charge in [0.2, 0.25) is 0 Å². The third kappa shape index (κ3) is 2.42. The van der Waals surface area contributed by atoms with Crippen molar-refractivity contribution in [1.82, 2.24) is 15.1 Å². The van der Waals surface area contributed by atoms with Crippen LogP contribution in [0.1, 0.15) is 19.3 Å². The summed E-state index contributed by atoms with van der Waals surface area (Å²) in [6.07, 6.45) is 11.3. The molecule has 0 amide bonds. The lowest BCUT2D eigenvalue weighted by Crippen LogP contribution is -2.37. The first-order valence-electron chi connectivity index (χ1n) is 6.20. The summed E-state index contributed by atoms with van der Waals surface area (Å²) in [6, 6.07) is 2.53. The number of hydrogen-bond acceptors (Lipinski definition) is 3. The highest BCUT2D eigenvalue weighted by atomic mass is 16.3. The molecule has 0 aromatic carbocycles. The summed E-state index contributed by atoms with van der Waals surface area (Å²) in [6.45, 7) is 2.10. The second-order valence-corrected chi connectivity index (χ2v) is 4.61. The van der Waals surface area contributed by atoms with E-state index in [1.54, 1.807) is 12.5 Å².